The van der Waals surface area contributed by atoms with Gasteiger partial charge in [0.25, 0.3) is 0 Å². The van der Waals surface area contributed by atoms with Gasteiger partial charge in [-0.25, -0.2) is 8.42 Å². The number of hydrogen-bond acceptors (Lipinski definition) is 3. The number of hydrogen-bond donors (Lipinski definition) is 0. The van der Waals surface area contributed by atoms with Gasteiger partial charge in [-0.15, -0.1) is 0 Å². The van der Waals surface area contributed by atoms with Crippen molar-refractivity contribution in [3.05, 3.63) is 0 Å². The van der Waals surface area contributed by atoms with Crippen LogP contribution in [-0.2, 0) is 14.8 Å². The number of halogens is 1. The maximum absolute atomic E-state index is 12.2. The van der Waals surface area contributed by atoms with Crippen LogP contribution in [0.3, 0.4) is 0 Å². The highest BCUT2D eigenvalue weighted by Crippen LogP contribution is 2.24. The Balaban J connectivity index is 2.68. The van der Waals surface area contributed by atoms with Crippen LogP contribution in [0, 0.1) is 0 Å². The Morgan fingerprint density at radius 1 is 1.29 bits per heavy atom. The molecule has 0 saturated heterocycles. The quantitative estimate of drug-likeness (QED) is 0.672. The lowest BCUT2D eigenvalue weighted by Gasteiger charge is -2.33. The number of alkyl halides is 1. The highest BCUT2D eigenvalue weighted by atomic mass is 79.9. The zero-order chi connectivity index (χ0) is 12.7. The molecule has 1 fully saturated rings. The lowest BCUT2D eigenvalue weighted by Crippen LogP contribution is -2.44. The van der Waals surface area contributed by atoms with E-state index in [0.29, 0.717) is 11.9 Å². The number of methoxy groups -OCH3 is 1. The lowest BCUT2D eigenvalue weighted by molar-refractivity contribution is 0.212. The third kappa shape index (κ3) is 4.85. The predicted octanol–water partition coefficient (Wildman–Crippen LogP) is 1.99. The minimum Gasteiger partial charge on any atom is -0.384 e. The van der Waals surface area contributed by atoms with E-state index in [0.717, 1.165) is 25.7 Å². The normalized spacial score (nSPS) is 18.8. The first-order valence-corrected chi connectivity index (χ1v) is 8.89. The van der Waals surface area contributed by atoms with Crippen LogP contribution < -0.4 is 0 Å². The monoisotopic (exact) mass is 327 g/mol. The molecule has 0 spiro atoms. The number of rotatable bonds is 7. The van der Waals surface area contributed by atoms with Crippen LogP contribution in [0.2, 0.25) is 0 Å². The van der Waals surface area contributed by atoms with Crippen molar-refractivity contribution in [2.45, 2.75) is 38.1 Å². The summed E-state index contributed by atoms with van der Waals surface area (Å²) in [4.78, 5) is 0. The van der Waals surface area contributed by atoms with Gasteiger partial charge in [-0.3, -0.25) is 0 Å². The van der Waals surface area contributed by atoms with Crippen molar-refractivity contribution in [3.63, 3.8) is 0 Å². The maximum Gasteiger partial charge on any atom is 0.216 e. The minimum atomic E-state index is -3.17. The molecule has 0 bridgehead atoms. The van der Waals surface area contributed by atoms with Crippen LogP contribution in [0.25, 0.3) is 0 Å². The average Bonchev–Trinajstić information content (AvgIpc) is 2.34. The Morgan fingerprint density at radius 2 is 1.94 bits per heavy atom. The molecule has 0 heterocycles. The van der Waals surface area contributed by atoms with E-state index < -0.39 is 10.0 Å². The Bertz CT molecular complexity index is 302. The molecule has 0 amide bonds. The summed E-state index contributed by atoms with van der Waals surface area (Å²) in [5, 5.41) is 0.690. The van der Waals surface area contributed by atoms with Crippen molar-refractivity contribution in [1.29, 1.82) is 0 Å². The molecule has 4 nitrogen and oxygen atoms in total. The Labute approximate surface area is 113 Å². The first-order chi connectivity index (χ1) is 8.11. The molecule has 6 heteroatoms. The fourth-order valence-electron chi connectivity index (χ4n) is 2.31. The van der Waals surface area contributed by atoms with Gasteiger partial charge in [0.1, 0.15) is 0 Å². The van der Waals surface area contributed by atoms with Gasteiger partial charge in [-0.05, 0) is 12.8 Å². The first kappa shape index (κ1) is 15.4. The topological polar surface area (TPSA) is 46.6 Å². The Hall–Kier alpha value is 0.350. The minimum absolute atomic E-state index is 0.0903. The summed E-state index contributed by atoms with van der Waals surface area (Å²) in [6.45, 7) is 0.838. The average molecular weight is 328 g/mol. The van der Waals surface area contributed by atoms with Gasteiger partial charge >= 0.3 is 0 Å². The second-order valence-electron chi connectivity index (χ2n) is 4.40. The summed E-state index contributed by atoms with van der Waals surface area (Å²) < 4.78 is 31.0. The highest BCUT2D eigenvalue weighted by Gasteiger charge is 2.29. The molecule has 102 valence electrons. The fraction of sp³-hybridized carbons (Fsp3) is 1.00. The van der Waals surface area contributed by atoms with Crippen LogP contribution in [0.1, 0.15) is 32.1 Å². The van der Waals surface area contributed by atoms with Gasteiger partial charge in [0.2, 0.25) is 10.0 Å². The highest BCUT2D eigenvalue weighted by molar-refractivity contribution is 9.09. The molecule has 1 rings (SSSR count). The van der Waals surface area contributed by atoms with E-state index >= 15 is 0 Å². The van der Waals surface area contributed by atoms with Gasteiger partial charge in [-0.2, -0.15) is 4.31 Å². The zero-order valence-corrected chi connectivity index (χ0v) is 12.8. The van der Waals surface area contributed by atoms with Gasteiger partial charge in [0, 0.05) is 25.0 Å². The van der Waals surface area contributed by atoms with E-state index in [9.17, 15) is 8.42 Å². The van der Waals surface area contributed by atoms with E-state index in [2.05, 4.69) is 15.9 Å². The Morgan fingerprint density at radius 3 is 2.47 bits per heavy atom. The maximum atomic E-state index is 12.2. The largest absolute Gasteiger partial charge is 0.384 e. The second kappa shape index (κ2) is 7.71. The van der Waals surface area contributed by atoms with Crippen molar-refractivity contribution >= 4 is 26.0 Å². The molecule has 17 heavy (non-hydrogen) atoms. The van der Waals surface area contributed by atoms with Crippen molar-refractivity contribution in [2.75, 3.05) is 31.3 Å². The molecule has 0 N–H and O–H groups in total. The molecule has 0 aromatic carbocycles. The summed E-state index contributed by atoms with van der Waals surface area (Å²) in [5.41, 5.74) is 0. The molecule has 1 aliphatic rings. The summed E-state index contributed by atoms with van der Waals surface area (Å²) in [6.07, 6.45) is 5.52. The van der Waals surface area contributed by atoms with Crippen molar-refractivity contribution < 1.29 is 13.2 Å². The number of ether oxygens (including phenoxy) is 1. The SMILES string of the molecule is COCCS(=O)(=O)N(CCBr)C1CCCCC1. The second-order valence-corrected chi connectivity index (χ2v) is 7.23. The van der Waals surface area contributed by atoms with Gasteiger partial charge < -0.3 is 4.74 Å². The van der Waals surface area contributed by atoms with Gasteiger partial charge in [0.15, 0.2) is 0 Å². The Kier molecular flexibility index (Phi) is 6.99. The lowest BCUT2D eigenvalue weighted by atomic mass is 9.95. The molecule has 0 unspecified atom stereocenters. The van der Waals surface area contributed by atoms with Crippen LogP contribution >= 0.6 is 15.9 Å². The molecular weight excluding hydrogens is 306 g/mol. The fourth-order valence-corrected chi connectivity index (χ4v) is 4.57. The van der Waals surface area contributed by atoms with Gasteiger partial charge in [-0.1, -0.05) is 35.2 Å². The summed E-state index contributed by atoms with van der Waals surface area (Å²) in [7, 11) is -1.64. The van der Waals surface area contributed by atoms with Crippen LogP contribution in [0.5, 0.6) is 0 Å². The molecular formula is C11H22BrNO3S. The number of sulfonamides is 1. The molecule has 1 aliphatic carbocycles. The molecule has 0 aliphatic heterocycles. The van der Waals surface area contributed by atoms with Crippen LogP contribution in [0.15, 0.2) is 0 Å². The molecule has 0 aromatic rings. The smallest absolute Gasteiger partial charge is 0.216 e. The van der Waals surface area contributed by atoms with Crippen molar-refractivity contribution in [3.8, 4) is 0 Å². The predicted molar refractivity (Wildman–Crippen MR) is 73.0 cm³/mol. The number of nitrogens with zero attached hydrogens (tertiary/aromatic N) is 1. The van der Waals surface area contributed by atoms with Crippen LogP contribution in [-0.4, -0.2) is 50.1 Å². The standard InChI is InChI=1S/C11H22BrNO3S/c1-16-9-10-17(14,15)13(8-7-12)11-5-3-2-4-6-11/h11H,2-10H2,1H3. The van der Waals surface area contributed by atoms with E-state index in [1.807, 2.05) is 0 Å². The molecule has 0 aromatic heterocycles. The zero-order valence-electron chi connectivity index (χ0n) is 10.4. The van der Waals surface area contributed by atoms with E-state index in [-0.39, 0.29) is 18.4 Å². The summed E-state index contributed by atoms with van der Waals surface area (Å²) in [5.74, 6) is 0.0903. The third-order valence-electron chi connectivity index (χ3n) is 3.19. The summed E-state index contributed by atoms with van der Waals surface area (Å²) in [6, 6.07) is 0.197. The van der Waals surface area contributed by atoms with Gasteiger partial charge in [0.05, 0.1) is 12.4 Å². The van der Waals surface area contributed by atoms with E-state index in [1.165, 1.54) is 13.5 Å². The van der Waals surface area contributed by atoms with Crippen molar-refractivity contribution in [2.24, 2.45) is 0 Å². The first-order valence-electron chi connectivity index (χ1n) is 6.16. The third-order valence-corrected chi connectivity index (χ3v) is 5.42. The molecule has 1 saturated carbocycles. The van der Waals surface area contributed by atoms with E-state index in [4.69, 9.17) is 4.74 Å². The van der Waals surface area contributed by atoms with Crippen molar-refractivity contribution in [1.82, 2.24) is 4.31 Å². The van der Waals surface area contributed by atoms with Crippen LogP contribution in [0.4, 0.5) is 0 Å². The molecule has 0 atom stereocenters. The summed E-state index contributed by atoms with van der Waals surface area (Å²) >= 11 is 3.34. The van der Waals surface area contributed by atoms with E-state index in [1.54, 1.807) is 4.31 Å². The molecule has 0 radical (unpaired) electrons.